The molecule has 0 aliphatic rings. The fourth-order valence-corrected chi connectivity index (χ4v) is 2.43. The fourth-order valence-electron chi connectivity index (χ4n) is 2.43. The van der Waals surface area contributed by atoms with Gasteiger partial charge < -0.3 is 10.2 Å². The monoisotopic (exact) mass is 296 g/mol. The number of unbranched alkanes of at least 4 members (excludes halogenated alkanes) is 6. The minimum Gasteiger partial charge on any atom is -0.480 e. The quantitative estimate of drug-likeness (QED) is 0.283. The first-order valence-electron chi connectivity index (χ1n) is 7.70. The summed E-state index contributed by atoms with van der Waals surface area (Å²) in [6.07, 6.45) is 10.6. The smallest absolute Gasteiger partial charge is 0.321 e. The molecular formula is C17H28O4. The van der Waals surface area contributed by atoms with Crippen molar-refractivity contribution >= 4 is 11.9 Å². The Morgan fingerprint density at radius 1 is 0.762 bits per heavy atom. The largest absolute Gasteiger partial charge is 0.480 e. The number of carboxylic acid groups (broad SMARTS) is 2. The summed E-state index contributed by atoms with van der Waals surface area (Å²) in [5, 5.41) is 18.8. The number of carbonyl (C=O) groups is 2. The third-order valence-electron chi connectivity index (χ3n) is 3.84. The molecule has 0 saturated heterocycles. The predicted molar refractivity (Wildman–Crippen MR) is 84.3 cm³/mol. The molecule has 0 atom stereocenters. The van der Waals surface area contributed by atoms with Crippen molar-refractivity contribution in [2.24, 2.45) is 5.41 Å². The molecule has 0 bridgehead atoms. The van der Waals surface area contributed by atoms with Gasteiger partial charge in [0, 0.05) is 0 Å². The summed E-state index contributed by atoms with van der Waals surface area (Å²) in [5.74, 6) is -2.41. The van der Waals surface area contributed by atoms with E-state index in [2.05, 4.69) is 13.2 Å². The SMILES string of the molecule is C=CCCCCCC(CCCCCC=C)(C(=O)O)C(=O)O. The van der Waals surface area contributed by atoms with Gasteiger partial charge in [0.05, 0.1) is 0 Å². The maximum absolute atomic E-state index is 11.5. The van der Waals surface area contributed by atoms with E-state index in [0.29, 0.717) is 12.8 Å². The number of hydrogen-bond donors (Lipinski definition) is 2. The molecule has 0 aliphatic heterocycles. The molecule has 0 fully saturated rings. The highest BCUT2D eigenvalue weighted by Gasteiger charge is 2.45. The third-order valence-corrected chi connectivity index (χ3v) is 3.84. The van der Waals surface area contributed by atoms with Crippen LogP contribution in [-0.2, 0) is 9.59 Å². The lowest BCUT2D eigenvalue weighted by atomic mass is 9.78. The van der Waals surface area contributed by atoms with Gasteiger partial charge in [0.2, 0.25) is 0 Å². The molecule has 4 heteroatoms. The van der Waals surface area contributed by atoms with Gasteiger partial charge in [-0.05, 0) is 38.5 Å². The minimum atomic E-state index is -1.62. The normalized spacial score (nSPS) is 11.0. The Hall–Kier alpha value is -1.58. The number of rotatable bonds is 14. The summed E-state index contributed by atoms with van der Waals surface area (Å²) in [5.41, 5.74) is -1.62. The van der Waals surface area contributed by atoms with E-state index in [-0.39, 0.29) is 12.8 Å². The predicted octanol–water partition coefficient (Wildman–Crippen LogP) is 4.42. The molecule has 0 aliphatic carbocycles. The molecule has 0 spiro atoms. The zero-order valence-electron chi connectivity index (χ0n) is 12.9. The van der Waals surface area contributed by atoms with E-state index < -0.39 is 17.4 Å². The second-order valence-electron chi connectivity index (χ2n) is 5.47. The number of allylic oxidation sites excluding steroid dienone is 2. The molecule has 0 amide bonds. The van der Waals surface area contributed by atoms with Crippen molar-refractivity contribution in [1.82, 2.24) is 0 Å². The van der Waals surface area contributed by atoms with Gasteiger partial charge in [-0.3, -0.25) is 9.59 Å². The van der Waals surface area contributed by atoms with E-state index in [0.717, 1.165) is 38.5 Å². The van der Waals surface area contributed by atoms with Crippen molar-refractivity contribution in [3.8, 4) is 0 Å². The highest BCUT2D eigenvalue weighted by Crippen LogP contribution is 2.33. The summed E-state index contributed by atoms with van der Waals surface area (Å²) in [6.45, 7) is 7.27. The van der Waals surface area contributed by atoms with Gasteiger partial charge >= 0.3 is 11.9 Å². The summed E-state index contributed by atoms with van der Waals surface area (Å²) in [4.78, 5) is 23.0. The van der Waals surface area contributed by atoms with Crippen LogP contribution in [0.25, 0.3) is 0 Å². The van der Waals surface area contributed by atoms with E-state index >= 15 is 0 Å². The molecular weight excluding hydrogens is 268 g/mol. The number of aliphatic carboxylic acids is 2. The lowest BCUT2D eigenvalue weighted by Gasteiger charge is -2.24. The maximum Gasteiger partial charge on any atom is 0.321 e. The third kappa shape index (κ3) is 7.11. The Kier molecular flexibility index (Phi) is 10.3. The van der Waals surface area contributed by atoms with Crippen LogP contribution in [0.3, 0.4) is 0 Å². The van der Waals surface area contributed by atoms with E-state index in [9.17, 15) is 19.8 Å². The van der Waals surface area contributed by atoms with Crippen LogP contribution in [0.1, 0.15) is 64.2 Å². The van der Waals surface area contributed by atoms with Crippen LogP contribution in [0.4, 0.5) is 0 Å². The molecule has 4 nitrogen and oxygen atoms in total. The zero-order valence-corrected chi connectivity index (χ0v) is 12.9. The first-order chi connectivity index (χ1) is 10.0. The molecule has 0 aromatic carbocycles. The average Bonchev–Trinajstić information content (AvgIpc) is 2.44. The standard InChI is InChI=1S/C17H28O4/c1-3-5-7-9-11-13-17(15(18)19,16(20)21)14-12-10-8-6-4-2/h3-4H,1-2,5-14H2,(H,18,19)(H,20,21). The van der Waals surface area contributed by atoms with Gasteiger partial charge in [0.15, 0.2) is 5.41 Å². The molecule has 120 valence electrons. The van der Waals surface area contributed by atoms with Crippen molar-refractivity contribution in [2.75, 3.05) is 0 Å². The molecule has 0 unspecified atom stereocenters. The second-order valence-corrected chi connectivity index (χ2v) is 5.47. The van der Waals surface area contributed by atoms with E-state index in [1.54, 1.807) is 0 Å². The summed E-state index contributed by atoms with van der Waals surface area (Å²) in [7, 11) is 0. The highest BCUT2D eigenvalue weighted by molar-refractivity contribution is 5.98. The lowest BCUT2D eigenvalue weighted by Crippen LogP contribution is -2.39. The Bertz CT molecular complexity index is 313. The molecule has 0 heterocycles. The van der Waals surface area contributed by atoms with Crippen molar-refractivity contribution in [3.05, 3.63) is 25.3 Å². The van der Waals surface area contributed by atoms with E-state index in [1.807, 2.05) is 12.2 Å². The molecule has 0 aromatic heterocycles. The number of carboxylic acids is 2. The Labute approximate surface area is 127 Å². The molecule has 21 heavy (non-hydrogen) atoms. The Balaban J connectivity index is 4.46. The molecule has 0 saturated carbocycles. The Morgan fingerprint density at radius 2 is 1.14 bits per heavy atom. The maximum atomic E-state index is 11.5. The minimum absolute atomic E-state index is 0.205. The second kappa shape index (κ2) is 11.1. The van der Waals surface area contributed by atoms with Crippen molar-refractivity contribution in [1.29, 1.82) is 0 Å². The number of hydrogen-bond acceptors (Lipinski definition) is 2. The van der Waals surface area contributed by atoms with Gasteiger partial charge in [-0.15, -0.1) is 13.2 Å². The van der Waals surface area contributed by atoms with Gasteiger partial charge in [0.1, 0.15) is 0 Å². The van der Waals surface area contributed by atoms with Crippen molar-refractivity contribution < 1.29 is 19.8 Å². The van der Waals surface area contributed by atoms with Gasteiger partial charge in [-0.25, -0.2) is 0 Å². The van der Waals surface area contributed by atoms with Crippen LogP contribution in [0.2, 0.25) is 0 Å². The van der Waals surface area contributed by atoms with Crippen LogP contribution in [0.5, 0.6) is 0 Å². The van der Waals surface area contributed by atoms with Crippen LogP contribution in [-0.4, -0.2) is 22.2 Å². The first-order valence-corrected chi connectivity index (χ1v) is 7.70. The van der Waals surface area contributed by atoms with Crippen LogP contribution in [0.15, 0.2) is 25.3 Å². The molecule has 0 radical (unpaired) electrons. The average molecular weight is 296 g/mol. The van der Waals surface area contributed by atoms with Crippen molar-refractivity contribution in [2.45, 2.75) is 64.2 Å². The Morgan fingerprint density at radius 3 is 1.43 bits per heavy atom. The molecule has 0 aromatic rings. The topological polar surface area (TPSA) is 74.6 Å². The van der Waals surface area contributed by atoms with Crippen LogP contribution in [0, 0.1) is 5.41 Å². The van der Waals surface area contributed by atoms with Gasteiger partial charge in [0.25, 0.3) is 0 Å². The first kappa shape index (κ1) is 19.4. The summed E-state index contributed by atoms with van der Waals surface area (Å²) in [6, 6.07) is 0. The summed E-state index contributed by atoms with van der Waals surface area (Å²) >= 11 is 0. The lowest BCUT2D eigenvalue weighted by molar-refractivity contribution is -0.166. The molecule has 2 N–H and O–H groups in total. The van der Waals surface area contributed by atoms with Crippen LogP contribution < -0.4 is 0 Å². The van der Waals surface area contributed by atoms with Gasteiger partial charge in [-0.1, -0.05) is 37.8 Å². The van der Waals surface area contributed by atoms with Gasteiger partial charge in [-0.2, -0.15) is 0 Å². The molecule has 0 rings (SSSR count). The van der Waals surface area contributed by atoms with E-state index in [1.165, 1.54) is 0 Å². The van der Waals surface area contributed by atoms with Crippen molar-refractivity contribution in [3.63, 3.8) is 0 Å². The van der Waals surface area contributed by atoms with E-state index in [4.69, 9.17) is 0 Å². The van der Waals surface area contributed by atoms with Crippen LogP contribution >= 0.6 is 0 Å². The highest BCUT2D eigenvalue weighted by atomic mass is 16.4. The fraction of sp³-hybridized carbons (Fsp3) is 0.647. The summed E-state index contributed by atoms with van der Waals surface area (Å²) < 4.78 is 0. The zero-order chi connectivity index (χ0) is 16.1.